The molecule has 1 aromatic carbocycles. The van der Waals surface area contributed by atoms with Crippen LogP contribution in [0.1, 0.15) is 38.2 Å². The van der Waals surface area contributed by atoms with Crippen LogP contribution >= 0.6 is 0 Å². The van der Waals surface area contributed by atoms with Crippen LogP contribution in [0.4, 0.5) is 0 Å². The predicted molar refractivity (Wildman–Crippen MR) is 128 cm³/mol. The van der Waals surface area contributed by atoms with Crippen molar-refractivity contribution in [3.63, 3.8) is 0 Å². The average Bonchev–Trinajstić information content (AvgIpc) is 3.45. The lowest BCUT2D eigenvalue weighted by molar-refractivity contribution is -0.140. The van der Waals surface area contributed by atoms with Gasteiger partial charge in [-0.05, 0) is 50.3 Å². The van der Waals surface area contributed by atoms with Gasteiger partial charge in [-0.1, -0.05) is 12.7 Å². The number of rotatable bonds is 7. The van der Waals surface area contributed by atoms with E-state index in [1.807, 2.05) is 6.92 Å². The molecule has 4 atom stereocenters. The van der Waals surface area contributed by atoms with Crippen LogP contribution in [0.25, 0.3) is 6.08 Å². The zero-order chi connectivity index (χ0) is 25.2. The fraction of sp³-hybridized carbons (Fsp3) is 0.481. The topological polar surface area (TPSA) is 92.8 Å². The number of hydrogen-bond donors (Lipinski definition) is 0. The van der Waals surface area contributed by atoms with Gasteiger partial charge in [0.1, 0.15) is 24.6 Å². The molecule has 2 saturated heterocycles. The summed E-state index contributed by atoms with van der Waals surface area (Å²) in [6.07, 6.45) is 7.68. The Bertz CT molecular complexity index is 1070. The number of allylic oxidation sites excluding steroid dienone is 1. The van der Waals surface area contributed by atoms with Gasteiger partial charge in [-0.15, -0.1) is 0 Å². The van der Waals surface area contributed by atoms with Crippen molar-refractivity contribution >= 4 is 18.0 Å². The van der Waals surface area contributed by atoms with Crippen molar-refractivity contribution in [1.82, 2.24) is 0 Å². The van der Waals surface area contributed by atoms with E-state index >= 15 is 0 Å². The molecule has 3 aliphatic rings. The monoisotopic (exact) mass is 484 g/mol. The van der Waals surface area contributed by atoms with E-state index in [4.69, 9.17) is 28.4 Å². The summed E-state index contributed by atoms with van der Waals surface area (Å²) >= 11 is 0. The quantitative estimate of drug-likeness (QED) is 0.248. The maximum atomic E-state index is 12.5. The number of esters is 2. The molecule has 4 rings (SSSR count). The van der Waals surface area contributed by atoms with E-state index in [-0.39, 0.29) is 36.3 Å². The van der Waals surface area contributed by atoms with Crippen molar-refractivity contribution in [3.05, 3.63) is 47.6 Å². The summed E-state index contributed by atoms with van der Waals surface area (Å²) in [5, 5.41) is 0. The lowest BCUT2D eigenvalue weighted by Crippen LogP contribution is -2.29. The molecule has 8 nitrogen and oxygen atoms in total. The van der Waals surface area contributed by atoms with Crippen molar-refractivity contribution in [2.45, 2.75) is 50.4 Å². The summed E-state index contributed by atoms with van der Waals surface area (Å²) in [5.41, 5.74) is 1.85. The number of ether oxygens (including phenoxy) is 6. The summed E-state index contributed by atoms with van der Waals surface area (Å²) < 4.78 is 33.1. The number of fused-ring (bicyclic) bond motifs is 3. The molecule has 8 heteroatoms. The van der Waals surface area contributed by atoms with Crippen LogP contribution in [0, 0.1) is 5.92 Å². The SMILES string of the molecule is C=C1C(=O)O[C@H]2[C@H]1CC/C(COC(=O)/C=C/c1cc(OC)c(OC)cc1OC)=C\CC[C@@]1(C)O[C@@H]21. The minimum atomic E-state index is -0.473. The molecule has 0 bridgehead atoms. The molecule has 2 heterocycles. The third kappa shape index (κ3) is 5.22. The van der Waals surface area contributed by atoms with E-state index in [1.54, 1.807) is 39.5 Å². The molecule has 1 aliphatic carbocycles. The molecule has 0 radical (unpaired) electrons. The molecule has 0 spiro atoms. The standard InChI is InChI=1S/C27H32O8/c1-16-19-10-8-17(7-6-12-27(2)25(35-27)24(19)34-26(16)29)15-33-23(28)11-9-18-13-21(31-4)22(32-5)14-20(18)30-3/h7,9,11,13-14,19,24-25H,1,6,8,10,12,15H2,2-5H3/b11-9+,17-7+/t19-,24-,25-,27+/m0/s1. The fourth-order valence-corrected chi connectivity index (χ4v) is 4.80. The van der Waals surface area contributed by atoms with Crippen LogP contribution in [0.2, 0.25) is 0 Å². The first kappa shape index (κ1) is 24.9. The minimum absolute atomic E-state index is 0.0813. The lowest BCUT2D eigenvalue weighted by Gasteiger charge is -2.20. The van der Waals surface area contributed by atoms with Gasteiger partial charge in [0.25, 0.3) is 0 Å². The van der Waals surface area contributed by atoms with Crippen LogP contribution in [-0.4, -0.2) is 57.7 Å². The highest BCUT2D eigenvalue weighted by Gasteiger charge is 2.61. The van der Waals surface area contributed by atoms with Gasteiger partial charge in [0.15, 0.2) is 11.5 Å². The van der Waals surface area contributed by atoms with Crippen LogP contribution in [0.5, 0.6) is 17.2 Å². The Morgan fingerprint density at radius 2 is 1.89 bits per heavy atom. The van der Waals surface area contributed by atoms with E-state index in [0.29, 0.717) is 41.2 Å². The smallest absolute Gasteiger partial charge is 0.334 e. The molecule has 2 aliphatic heterocycles. The van der Waals surface area contributed by atoms with Crippen molar-refractivity contribution in [2.75, 3.05) is 27.9 Å². The van der Waals surface area contributed by atoms with E-state index < -0.39 is 5.97 Å². The van der Waals surface area contributed by atoms with Gasteiger partial charge < -0.3 is 28.4 Å². The molecule has 0 aromatic heterocycles. The van der Waals surface area contributed by atoms with E-state index in [2.05, 4.69) is 12.7 Å². The minimum Gasteiger partial charge on any atom is -0.496 e. The molecular weight excluding hydrogens is 452 g/mol. The first-order valence-corrected chi connectivity index (χ1v) is 11.7. The normalized spacial score (nSPS) is 29.4. The second-order valence-electron chi connectivity index (χ2n) is 9.18. The maximum Gasteiger partial charge on any atom is 0.334 e. The molecule has 35 heavy (non-hydrogen) atoms. The van der Waals surface area contributed by atoms with Gasteiger partial charge in [0, 0.05) is 29.2 Å². The molecule has 0 unspecified atom stereocenters. The lowest BCUT2D eigenvalue weighted by atomic mass is 9.84. The number of hydrogen-bond acceptors (Lipinski definition) is 8. The van der Waals surface area contributed by atoms with Gasteiger partial charge in [-0.25, -0.2) is 9.59 Å². The number of carbonyl (C=O) groups is 2. The van der Waals surface area contributed by atoms with Gasteiger partial charge in [-0.2, -0.15) is 0 Å². The average molecular weight is 485 g/mol. The Labute approximate surface area is 205 Å². The third-order valence-corrected chi connectivity index (χ3v) is 6.97. The molecule has 0 amide bonds. The van der Waals surface area contributed by atoms with Gasteiger partial charge in [0.05, 0.1) is 26.9 Å². The summed E-state index contributed by atoms with van der Waals surface area (Å²) in [5.74, 6) is 0.688. The number of epoxide rings is 1. The zero-order valence-electron chi connectivity index (χ0n) is 20.6. The van der Waals surface area contributed by atoms with Crippen LogP contribution in [0.15, 0.2) is 42.0 Å². The summed E-state index contributed by atoms with van der Waals surface area (Å²) in [6, 6.07) is 3.43. The highest BCUT2D eigenvalue weighted by Crippen LogP contribution is 2.49. The second kappa shape index (κ2) is 10.2. The van der Waals surface area contributed by atoms with Crippen molar-refractivity contribution < 1.29 is 38.0 Å². The van der Waals surface area contributed by atoms with E-state index in [0.717, 1.165) is 18.4 Å². The molecular formula is C27H32O8. The van der Waals surface area contributed by atoms with Crippen LogP contribution in [0.3, 0.4) is 0 Å². The van der Waals surface area contributed by atoms with Gasteiger partial charge >= 0.3 is 11.9 Å². The molecule has 0 N–H and O–H groups in total. The van der Waals surface area contributed by atoms with Gasteiger partial charge in [-0.3, -0.25) is 0 Å². The van der Waals surface area contributed by atoms with Crippen molar-refractivity contribution in [3.8, 4) is 17.2 Å². The van der Waals surface area contributed by atoms with E-state index in [9.17, 15) is 9.59 Å². The van der Waals surface area contributed by atoms with E-state index in [1.165, 1.54) is 6.08 Å². The van der Waals surface area contributed by atoms with Crippen molar-refractivity contribution in [2.24, 2.45) is 5.92 Å². The van der Waals surface area contributed by atoms with Crippen molar-refractivity contribution in [1.29, 1.82) is 0 Å². The van der Waals surface area contributed by atoms with Crippen LogP contribution < -0.4 is 14.2 Å². The molecule has 1 aromatic rings. The Morgan fingerprint density at radius 3 is 2.60 bits per heavy atom. The fourth-order valence-electron chi connectivity index (χ4n) is 4.80. The summed E-state index contributed by atoms with van der Waals surface area (Å²) in [7, 11) is 4.63. The van der Waals surface area contributed by atoms with Crippen LogP contribution in [-0.2, 0) is 23.8 Å². The Hall–Kier alpha value is -3.26. The molecule has 2 fully saturated rings. The third-order valence-electron chi connectivity index (χ3n) is 6.97. The predicted octanol–water partition coefficient (Wildman–Crippen LogP) is 4.02. The molecule has 188 valence electrons. The highest BCUT2D eigenvalue weighted by molar-refractivity contribution is 5.91. The Kier molecular flexibility index (Phi) is 7.21. The molecule has 0 saturated carbocycles. The highest BCUT2D eigenvalue weighted by atomic mass is 16.6. The number of benzene rings is 1. The number of methoxy groups -OCH3 is 3. The number of carbonyl (C=O) groups excluding carboxylic acids is 2. The second-order valence-corrected chi connectivity index (χ2v) is 9.18. The maximum absolute atomic E-state index is 12.5. The Balaban J connectivity index is 1.40. The first-order valence-electron chi connectivity index (χ1n) is 11.7. The Morgan fingerprint density at radius 1 is 1.17 bits per heavy atom. The van der Waals surface area contributed by atoms with Gasteiger partial charge in [0.2, 0.25) is 0 Å². The largest absolute Gasteiger partial charge is 0.496 e. The summed E-state index contributed by atoms with van der Waals surface area (Å²) in [6.45, 7) is 6.16. The summed E-state index contributed by atoms with van der Waals surface area (Å²) in [4.78, 5) is 24.6. The first-order chi connectivity index (χ1) is 16.8. The zero-order valence-corrected chi connectivity index (χ0v) is 20.6.